The molecule has 1 heterocycles. The predicted octanol–water partition coefficient (Wildman–Crippen LogP) is 6.07. The highest BCUT2D eigenvalue weighted by Gasteiger charge is 2.20. The van der Waals surface area contributed by atoms with Crippen molar-refractivity contribution in [3.8, 4) is 0 Å². The number of hydrogen-bond acceptors (Lipinski definition) is 3. The molecule has 0 unspecified atom stereocenters. The monoisotopic (exact) mass is 415 g/mol. The number of nitrogens with zero attached hydrogens (tertiary/aromatic N) is 1. The van der Waals surface area contributed by atoms with Crippen LogP contribution in [-0.4, -0.2) is 16.4 Å². The van der Waals surface area contributed by atoms with Crippen molar-refractivity contribution in [3.63, 3.8) is 0 Å². The molecule has 0 spiro atoms. The van der Waals surface area contributed by atoms with Crippen LogP contribution in [0.3, 0.4) is 0 Å². The molecule has 1 aromatic heterocycles. The fraction of sp³-hybridized carbons (Fsp3) is 0.273. The van der Waals surface area contributed by atoms with Crippen LogP contribution in [-0.2, 0) is 6.54 Å². The Bertz CT molecular complexity index is 1020. The molecule has 0 saturated carbocycles. The SMILES string of the molecule is CCC(C)(C)NC(=O)c1ccc(NCc2cc3ccccc3nc2Cl)cc1Cl. The summed E-state index contributed by atoms with van der Waals surface area (Å²) in [6.07, 6.45) is 0.830. The van der Waals surface area contributed by atoms with E-state index in [1.54, 1.807) is 12.1 Å². The molecule has 28 heavy (non-hydrogen) atoms. The summed E-state index contributed by atoms with van der Waals surface area (Å²) in [4.78, 5) is 16.9. The molecule has 2 N–H and O–H groups in total. The minimum atomic E-state index is -0.281. The molecular formula is C22H23Cl2N3O. The molecule has 146 valence electrons. The number of rotatable bonds is 6. The van der Waals surface area contributed by atoms with E-state index in [0.29, 0.717) is 22.3 Å². The Morgan fingerprint density at radius 3 is 2.57 bits per heavy atom. The van der Waals surface area contributed by atoms with E-state index in [1.807, 2.05) is 57.2 Å². The zero-order valence-electron chi connectivity index (χ0n) is 16.1. The summed E-state index contributed by atoms with van der Waals surface area (Å²) >= 11 is 12.7. The number of anilines is 1. The Hall–Kier alpha value is -2.30. The van der Waals surface area contributed by atoms with Crippen molar-refractivity contribution < 1.29 is 4.79 Å². The number of para-hydroxylation sites is 1. The summed E-state index contributed by atoms with van der Waals surface area (Å²) in [6, 6.07) is 15.2. The second kappa shape index (κ2) is 8.38. The summed E-state index contributed by atoms with van der Waals surface area (Å²) in [5.41, 5.74) is 2.74. The third kappa shape index (κ3) is 4.75. The number of fused-ring (bicyclic) bond motifs is 1. The summed E-state index contributed by atoms with van der Waals surface area (Å²) in [5.74, 6) is -0.176. The average molecular weight is 416 g/mol. The van der Waals surface area contributed by atoms with E-state index in [1.165, 1.54) is 0 Å². The molecule has 0 fully saturated rings. The van der Waals surface area contributed by atoms with Gasteiger partial charge in [-0.05, 0) is 50.6 Å². The van der Waals surface area contributed by atoms with Crippen LogP contribution >= 0.6 is 23.2 Å². The minimum Gasteiger partial charge on any atom is -0.381 e. The number of pyridine rings is 1. The molecule has 3 rings (SSSR count). The maximum atomic E-state index is 12.5. The van der Waals surface area contributed by atoms with Crippen molar-refractivity contribution in [2.75, 3.05) is 5.32 Å². The van der Waals surface area contributed by atoms with E-state index >= 15 is 0 Å². The average Bonchev–Trinajstić information content (AvgIpc) is 2.66. The van der Waals surface area contributed by atoms with Gasteiger partial charge in [-0.1, -0.05) is 48.3 Å². The van der Waals surface area contributed by atoms with E-state index in [9.17, 15) is 4.79 Å². The summed E-state index contributed by atoms with van der Waals surface area (Å²) in [6.45, 7) is 6.50. The maximum Gasteiger partial charge on any atom is 0.253 e. The lowest BCUT2D eigenvalue weighted by Crippen LogP contribution is -2.42. The predicted molar refractivity (Wildman–Crippen MR) is 117 cm³/mol. The number of carbonyl (C=O) groups is 1. The largest absolute Gasteiger partial charge is 0.381 e. The van der Waals surface area contributed by atoms with Crippen LogP contribution in [0.1, 0.15) is 43.1 Å². The van der Waals surface area contributed by atoms with Crippen molar-refractivity contribution >= 4 is 45.7 Å². The molecule has 4 nitrogen and oxygen atoms in total. The van der Waals surface area contributed by atoms with Gasteiger partial charge < -0.3 is 10.6 Å². The second-order valence-electron chi connectivity index (χ2n) is 7.37. The van der Waals surface area contributed by atoms with Gasteiger partial charge in [0.05, 0.1) is 16.1 Å². The first kappa shape index (κ1) is 20.4. The van der Waals surface area contributed by atoms with E-state index in [0.717, 1.165) is 28.6 Å². The molecular weight excluding hydrogens is 393 g/mol. The zero-order valence-corrected chi connectivity index (χ0v) is 17.7. The third-order valence-electron chi connectivity index (χ3n) is 4.78. The van der Waals surface area contributed by atoms with Gasteiger partial charge in [0, 0.05) is 28.7 Å². The third-order valence-corrected chi connectivity index (χ3v) is 5.42. The molecule has 0 bridgehead atoms. The van der Waals surface area contributed by atoms with Crippen LogP contribution in [0.2, 0.25) is 10.2 Å². The number of halogens is 2. The summed E-state index contributed by atoms with van der Waals surface area (Å²) in [5, 5.41) is 8.19. The van der Waals surface area contributed by atoms with Crippen molar-refractivity contribution in [2.45, 2.75) is 39.3 Å². The van der Waals surface area contributed by atoms with Crippen LogP contribution in [0, 0.1) is 0 Å². The van der Waals surface area contributed by atoms with Gasteiger partial charge in [-0.15, -0.1) is 0 Å². The van der Waals surface area contributed by atoms with E-state index in [4.69, 9.17) is 23.2 Å². The molecule has 6 heteroatoms. The first-order valence-corrected chi connectivity index (χ1v) is 9.95. The molecule has 0 saturated heterocycles. The Morgan fingerprint density at radius 1 is 1.11 bits per heavy atom. The second-order valence-corrected chi connectivity index (χ2v) is 8.14. The highest BCUT2D eigenvalue weighted by Crippen LogP contribution is 2.25. The Balaban J connectivity index is 1.73. The van der Waals surface area contributed by atoms with Crippen LogP contribution < -0.4 is 10.6 Å². The van der Waals surface area contributed by atoms with E-state index in [-0.39, 0.29) is 11.4 Å². The molecule has 0 aliphatic rings. The number of hydrogen-bond donors (Lipinski definition) is 2. The van der Waals surface area contributed by atoms with Crippen LogP contribution in [0.25, 0.3) is 10.9 Å². The lowest BCUT2D eigenvalue weighted by molar-refractivity contribution is 0.0911. The van der Waals surface area contributed by atoms with Gasteiger partial charge in [0.15, 0.2) is 0 Å². The highest BCUT2D eigenvalue weighted by atomic mass is 35.5. The van der Waals surface area contributed by atoms with E-state index < -0.39 is 0 Å². The molecule has 2 aromatic carbocycles. The molecule has 3 aromatic rings. The number of amides is 1. The molecule has 0 radical (unpaired) electrons. The van der Waals surface area contributed by atoms with Crippen LogP contribution in [0.5, 0.6) is 0 Å². The highest BCUT2D eigenvalue weighted by molar-refractivity contribution is 6.34. The number of benzene rings is 2. The van der Waals surface area contributed by atoms with Gasteiger partial charge in [0.1, 0.15) is 5.15 Å². The summed E-state index contributed by atoms with van der Waals surface area (Å²) in [7, 11) is 0. The number of aromatic nitrogens is 1. The Labute approximate surface area is 175 Å². The number of nitrogens with one attached hydrogen (secondary N) is 2. The van der Waals surface area contributed by atoms with Crippen molar-refractivity contribution in [3.05, 3.63) is 69.8 Å². The lowest BCUT2D eigenvalue weighted by atomic mass is 10.0. The molecule has 1 amide bonds. The van der Waals surface area contributed by atoms with Crippen LogP contribution in [0.4, 0.5) is 5.69 Å². The van der Waals surface area contributed by atoms with Gasteiger partial charge in [0.25, 0.3) is 5.91 Å². The maximum absolute atomic E-state index is 12.5. The minimum absolute atomic E-state index is 0.176. The fourth-order valence-electron chi connectivity index (χ4n) is 2.73. The van der Waals surface area contributed by atoms with Crippen molar-refractivity contribution in [2.24, 2.45) is 0 Å². The van der Waals surface area contributed by atoms with E-state index in [2.05, 4.69) is 15.6 Å². The van der Waals surface area contributed by atoms with Gasteiger partial charge >= 0.3 is 0 Å². The summed E-state index contributed by atoms with van der Waals surface area (Å²) < 4.78 is 0. The molecule has 0 atom stereocenters. The van der Waals surface area contributed by atoms with Crippen molar-refractivity contribution in [1.29, 1.82) is 0 Å². The molecule has 0 aliphatic heterocycles. The van der Waals surface area contributed by atoms with Gasteiger partial charge in [-0.25, -0.2) is 4.98 Å². The first-order valence-electron chi connectivity index (χ1n) is 9.19. The van der Waals surface area contributed by atoms with Gasteiger partial charge in [-0.3, -0.25) is 4.79 Å². The van der Waals surface area contributed by atoms with Gasteiger partial charge in [0.2, 0.25) is 0 Å². The Morgan fingerprint density at radius 2 is 1.86 bits per heavy atom. The van der Waals surface area contributed by atoms with Crippen molar-refractivity contribution in [1.82, 2.24) is 10.3 Å². The quantitative estimate of drug-likeness (QED) is 0.480. The first-order chi connectivity index (χ1) is 13.3. The standard InChI is InChI=1S/C22H23Cl2N3O/c1-4-22(2,3)27-21(28)17-10-9-16(12-18(17)23)25-13-15-11-14-7-5-6-8-19(14)26-20(15)24/h5-12,25H,4,13H2,1-3H3,(H,27,28). The van der Waals surface area contributed by atoms with Crippen LogP contribution in [0.15, 0.2) is 48.5 Å². The number of carbonyl (C=O) groups excluding carboxylic acids is 1. The fourth-order valence-corrected chi connectivity index (χ4v) is 3.21. The normalized spacial score (nSPS) is 11.5. The Kier molecular flexibility index (Phi) is 6.11. The zero-order chi connectivity index (χ0) is 20.3. The van der Waals surface area contributed by atoms with Gasteiger partial charge in [-0.2, -0.15) is 0 Å². The topological polar surface area (TPSA) is 54.0 Å². The lowest BCUT2D eigenvalue weighted by Gasteiger charge is -2.24. The molecule has 0 aliphatic carbocycles. The smallest absolute Gasteiger partial charge is 0.253 e.